The zero-order chi connectivity index (χ0) is 16.6. The quantitative estimate of drug-likeness (QED) is 0.833. The lowest BCUT2D eigenvalue weighted by atomic mass is 10.1. The van der Waals surface area contributed by atoms with Crippen molar-refractivity contribution in [1.29, 1.82) is 0 Å². The van der Waals surface area contributed by atoms with Crippen molar-refractivity contribution in [3.8, 4) is 0 Å². The molecule has 1 unspecified atom stereocenters. The molecule has 4 heteroatoms. The van der Waals surface area contributed by atoms with Crippen molar-refractivity contribution >= 4 is 12.0 Å². The summed E-state index contributed by atoms with van der Waals surface area (Å²) in [6.45, 7) is 5.35. The second kappa shape index (κ2) is 9.00. The number of hydrogen-bond acceptors (Lipinski definition) is 3. The zero-order valence-corrected chi connectivity index (χ0v) is 14.4. The van der Waals surface area contributed by atoms with E-state index < -0.39 is 0 Å². The number of nitrogens with zero attached hydrogens (tertiary/aromatic N) is 2. The topological polar surface area (TPSA) is 32.8 Å². The molecule has 4 nitrogen and oxygen atoms in total. The van der Waals surface area contributed by atoms with Crippen LogP contribution in [0.1, 0.15) is 31.2 Å². The maximum Gasteiger partial charge on any atom is 0.225 e. The molecule has 0 radical (unpaired) electrons. The summed E-state index contributed by atoms with van der Waals surface area (Å²) in [4.78, 5) is 16.8. The number of hydrogen-bond donors (Lipinski definition) is 0. The Morgan fingerprint density at radius 3 is 2.62 bits per heavy atom. The molecule has 0 saturated carbocycles. The average Bonchev–Trinajstić information content (AvgIpc) is 2.64. The minimum atomic E-state index is 0.151. The summed E-state index contributed by atoms with van der Waals surface area (Å²) in [5, 5.41) is 0. The van der Waals surface area contributed by atoms with E-state index >= 15 is 0 Å². The Bertz CT molecular complexity index is 530. The van der Waals surface area contributed by atoms with Crippen molar-refractivity contribution in [3.05, 3.63) is 42.0 Å². The van der Waals surface area contributed by atoms with Crippen LogP contribution < -0.4 is 0 Å². The molecule has 1 aromatic rings. The molecule has 130 valence electrons. The number of carbonyl (C=O) groups excluding carboxylic acids is 1. The Balaban J connectivity index is 1.37. The van der Waals surface area contributed by atoms with Crippen LogP contribution in [-0.4, -0.2) is 61.1 Å². The number of rotatable bonds is 5. The van der Waals surface area contributed by atoms with Crippen LogP contribution in [0.4, 0.5) is 0 Å². The second-order valence-electron chi connectivity index (χ2n) is 6.69. The molecule has 2 aliphatic heterocycles. The Hall–Kier alpha value is -1.65. The molecule has 1 amide bonds. The normalized spacial score (nSPS) is 22.8. The van der Waals surface area contributed by atoms with Crippen LogP contribution in [0.5, 0.6) is 0 Å². The van der Waals surface area contributed by atoms with Crippen LogP contribution in [0.2, 0.25) is 0 Å². The average molecular weight is 328 g/mol. The van der Waals surface area contributed by atoms with Crippen LogP contribution in [0.15, 0.2) is 36.4 Å². The summed E-state index contributed by atoms with van der Waals surface area (Å²) in [6, 6.07) is 10.4. The van der Waals surface area contributed by atoms with E-state index in [1.54, 1.807) is 0 Å². The fourth-order valence-electron chi connectivity index (χ4n) is 3.37. The van der Waals surface area contributed by atoms with E-state index in [0.717, 1.165) is 52.2 Å². The molecule has 0 aliphatic carbocycles. The maximum absolute atomic E-state index is 12.4. The minimum Gasteiger partial charge on any atom is -0.378 e. The number of ether oxygens (including phenoxy) is 1. The van der Waals surface area contributed by atoms with Crippen molar-refractivity contribution in [2.24, 2.45) is 0 Å². The summed E-state index contributed by atoms with van der Waals surface area (Å²) >= 11 is 0. The van der Waals surface area contributed by atoms with Gasteiger partial charge in [-0.2, -0.15) is 0 Å². The lowest BCUT2D eigenvalue weighted by molar-refractivity contribution is -0.136. The van der Waals surface area contributed by atoms with Gasteiger partial charge in [-0.3, -0.25) is 9.69 Å². The van der Waals surface area contributed by atoms with Crippen LogP contribution >= 0.6 is 0 Å². The molecule has 2 heterocycles. The van der Waals surface area contributed by atoms with E-state index in [-0.39, 0.29) is 12.0 Å². The smallest absolute Gasteiger partial charge is 0.225 e. The number of benzene rings is 1. The Morgan fingerprint density at radius 2 is 1.92 bits per heavy atom. The zero-order valence-electron chi connectivity index (χ0n) is 14.4. The second-order valence-corrected chi connectivity index (χ2v) is 6.69. The molecule has 0 bridgehead atoms. The standard InChI is InChI=1S/C20H28N2O2/c23-20(17-19-10-4-5-16-24-19)22-14-12-21(13-15-22)11-6-9-18-7-2-1-3-8-18/h1-3,6-9,19H,4-5,10-17H2/b9-6+. The highest BCUT2D eigenvalue weighted by Gasteiger charge is 2.24. The fraction of sp³-hybridized carbons (Fsp3) is 0.550. The number of piperazine rings is 1. The molecular formula is C20H28N2O2. The van der Waals surface area contributed by atoms with Crippen molar-refractivity contribution in [3.63, 3.8) is 0 Å². The molecule has 0 aromatic heterocycles. The van der Waals surface area contributed by atoms with Crippen LogP contribution in [0.3, 0.4) is 0 Å². The van der Waals surface area contributed by atoms with Gasteiger partial charge in [0.25, 0.3) is 0 Å². The third-order valence-electron chi connectivity index (χ3n) is 4.87. The van der Waals surface area contributed by atoms with E-state index in [2.05, 4.69) is 41.3 Å². The van der Waals surface area contributed by atoms with Gasteiger partial charge in [0.2, 0.25) is 5.91 Å². The largest absolute Gasteiger partial charge is 0.378 e. The van der Waals surface area contributed by atoms with Crippen molar-refractivity contribution < 1.29 is 9.53 Å². The Kier molecular flexibility index (Phi) is 6.44. The summed E-state index contributed by atoms with van der Waals surface area (Å²) in [6.07, 6.45) is 8.46. The SMILES string of the molecule is O=C(CC1CCCCO1)N1CCN(C/C=C/c2ccccc2)CC1. The van der Waals surface area contributed by atoms with E-state index in [0.29, 0.717) is 6.42 Å². The van der Waals surface area contributed by atoms with E-state index in [1.807, 2.05) is 11.0 Å². The van der Waals surface area contributed by atoms with Gasteiger partial charge in [0.15, 0.2) is 0 Å². The van der Waals surface area contributed by atoms with Gasteiger partial charge < -0.3 is 9.64 Å². The van der Waals surface area contributed by atoms with Gasteiger partial charge in [-0.15, -0.1) is 0 Å². The molecule has 0 spiro atoms. The molecule has 2 aliphatic rings. The highest BCUT2D eigenvalue weighted by Crippen LogP contribution is 2.17. The molecule has 2 fully saturated rings. The monoisotopic (exact) mass is 328 g/mol. The molecule has 2 saturated heterocycles. The lowest BCUT2D eigenvalue weighted by Crippen LogP contribution is -2.49. The van der Waals surface area contributed by atoms with Gasteiger partial charge in [-0.1, -0.05) is 42.5 Å². The Morgan fingerprint density at radius 1 is 1.12 bits per heavy atom. The summed E-state index contributed by atoms with van der Waals surface area (Å²) < 4.78 is 5.69. The van der Waals surface area contributed by atoms with E-state index in [1.165, 1.54) is 12.0 Å². The van der Waals surface area contributed by atoms with Crippen molar-refractivity contribution in [1.82, 2.24) is 9.80 Å². The number of amides is 1. The lowest BCUT2D eigenvalue weighted by Gasteiger charge is -2.35. The van der Waals surface area contributed by atoms with Gasteiger partial charge in [0.1, 0.15) is 0 Å². The first-order chi connectivity index (χ1) is 11.8. The highest BCUT2D eigenvalue weighted by atomic mass is 16.5. The van der Waals surface area contributed by atoms with Crippen molar-refractivity contribution in [2.45, 2.75) is 31.8 Å². The summed E-state index contributed by atoms with van der Waals surface area (Å²) in [5.74, 6) is 0.265. The fourth-order valence-corrected chi connectivity index (χ4v) is 3.37. The summed E-state index contributed by atoms with van der Waals surface area (Å²) in [5.41, 5.74) is 1.23. The highest BCUT2D eigenvalue weighted by molar-refractivity contribution is 5.76. The molecule has 24 heavy (non-hydrogen) atoms. The Labute approximate surface area is 145 Å². The predicted molar refractivity (Wildman–Crippen MR) is 96.7 cm³/mol. The van der Waals surface area contributed by atoms with Crippen LogP contribution in [0.25, 0.3) is 6.08 Å². The third-order valence-corrected chi connectivity index (χ3v) is 4.87. The molecule has 1 aromatic carbocycles. The van der Waals surface area contributed by atoms with Crippen LogP contribution in [0, 0.1) is 0 Å². The number of carbonyl (C=O) groups is 1. The van der Waals surface area contributed by atoms with Gasteiger partial charge in [0.05, 0.1) is 12.5 Å². The van der Waals surface area contributed by atoms with Gasteiger partial charge in [-0.25, -0.2) is 0 Å². The minimum absolute atomic E-state index is 0.151. The van der Waals surface area contributed by atoms with Crippen molar-refractivity contribution in [2.75, 3.05) is 39.3 Å². The summed E-state index contributed by atoms with van der Waals surface area (Å²) in [7, 11) is 0. The first-order valence-electron chi connectivity index (χ1n) is 9.14. The van der Waals surface area contributed by atoms with E-state index in [9.17, 15) is 4.79 Å². The molecule has 1 atom stereocenters. The molecule has 0 N–H and O–H groups in total. The molecular weight excluding hydrogens is 300 g/mol. The van der Waals surface area contributed by atoms with Crippen LogP contribution in [-0.2, 0) is 9.53 Å². The van der Waals surface area contributed by atoms with E-state index in [4.69, 9.17) is 4.74 Å². The third kappa shape index (κ3) is 5.18. The maximum atomic E-state index is 12.4. The molecule has 3 rings (SSSR count). The first-order valence-corrected chi connectivity index (χ1v) is 9.14. The van der Waals surface area contributed by atoms with Gasteiger partial charge in [-0.05, 0) is 24.8 Å². The van der Waals surface area contributed by atoms with Gasteiger partial charge >= 0.3 is 0 Å². The van der Waals surface area contributed by atoms with Gasteiger partial charge in [0, 0.05) is 39.3 Å². The first kappa shape index (κ1) is 17.2. The predicted octanol–water partition coefficient (Wildman–Crippen LogP) is 2.80.